The van der Waals surface area contributed by atoms with Gasteiger partial charge in [0.05, 0.1) is 37.9 Å². The first-order chi connectivity index (χ1) is 9.47. The van der Waals surface area contributed by atoms with Crippen LogP contribution in [0.25, 0.3) is 0 Å². The molecule has 2 atom stereocenters. The Kier molecular flexibility index (Phi) is 6.14. The van der Waals surface area contributed by atoms with E-state index in [9.17, 15) is 19.2 Å². The number of carbonyl (C=O) groups is 4. The molecule has 0 amide bonds. The largest absolute Gasteiger partial charge is 0.466 e. The fraction of sp³-hybridized carbons (Fsp3) is 0.692. The van der Waals surface area contributed by atoms with Crippen molar-refractivity contribution in [3.8, 4) is 0 Å². The molecule has 0 aromatic rings. The minimum atomic E-state index is -0.758. The molecule has 1 rings (SSSR count). The first kappa shape index (κ1) is 16.1. The predicted molar refractivity (Wildman–Crippen MR) is 65.2 cm³/mol. The van der Waals surface area contributed by atoms with Crippen LogP contribution in [-0.4, -0.2) is 37.1 Å². The van der Waals surface area contributed by atoms with E-state index in [0.29, 0.717) is 0 Å². The van der Waals surface area contributed by atoms with Crippen LogP contribution in [0.4, 0.5) is 0 Å². The molecule has 1 heterocycles. The van der Waals surface area contributed by atoms with Gasteiger partial charge in [-0.3, -0.25) is 19.2 Å². The molecule has 0 aromatic carbocycles. The van der Waals surface area contributed by atoms with Crippen molar-refractivity contribution in [2.45, 2.75) is 33.1 Å². The summed E-state index contributed by atoms with van der Waals surface area (Å²) in [6.07, 6.45) is -0.214. The summed E-state index contributed by atoms with van der Waals surface area (Å²) in [5, 5.41) is 0. The summed E-state index contributed by atoms with van der Waals surface area (Å²) in [4.78, 5) is 45.8. The van der Waals surface area contributed by atoms with Gasteiger partial charge in [0, 0.05) is 0 Å². The van der Waals surface area contributed by atoms with Gasteiger partial charge in [-0.15, -0.1) is 0 Å². The van der Waals surface area contributed by atoms with Crippen molar-refractivity contribution in [3.63, 3.8) is 0 Å². The van der Waals surface area contributed by atoms with E-state index in [4.69, 9.17) is 9.47 Å². The summed E-state index contributed by atoms with van der Waals surface area (Å²) in [6, 6.07) is 0. The van der Waals surface area contributed by atoms with Crippen LogP contribution in [0.5, 0.6) is 0 Å². The van der Waals surface area contributed by atoms with E-state index >= 15 is 0 Å². The first-order valence-corrected chi connectivity index (χ1v) is 6.54. The van der Waals surface area contributed by atoms with Crippen molar-refractivity contribution in [1.29, 1.82) is 0 Å². The van der Waals surface area contributed by atoms with Gasteiger partial charge in [0.15, 0.2) is 0 Å². The molecule has 7 nitrogen and oxygen atoms in total. The summed E-state index contributed by atoms with van der Waals surface area (Å²) in [5.41, 5.74) is 0. The van der Waals surface area contributed by atoms with Gasteiger partial charge < -0.3 is 14.2 Å². The van der Waals surface area contributed by atoms with Crippen LogP contribution in [0, 0.1) is 11.8 Å². The zero-order chi connectivity index (χ0) is 15.1. The Morgan fingerprint density at radius 3 is 1.75 bits per heavy atom. The fourth-order valence-corrected chi connectivity index (χ4v) is 1.98. The molecule has 0 saturated carbocycles. The van der Waals surface area contributed by atoms with Crippen molar-refractivity contribution in [2.75, 3.05) is 13.2 Å². The second-order valence-corrected chi connectivity index (χ2v) is 4.39. The molecule has 112 valence electrons. The molecular weight excluding hydrogens is 268 g/mol. The molecule has 20 heavy (non-hydrogen) atoms. The Balaban J connectivity index is 2.60. The number of hydrogen-bond acceptors (Lipinski definition) is 7. The molecule has 0 spiro atoms. The summed E-state index contributed by atoms with van der Waals surface area (Å²) in [6.45, 7) is 3.74. The SMILES string of the molecule is CCOC(=O)C[C@@H]1C[C@H](CC(=O)OCC)C(=O)OC1=O. The highest BCUT2D eigenvalue weighted by Crippen LogP contribution is 2.27. The van der Waals surface area contributed by atoms with E-state index in [2.05, 4.69) is 4.74 Å². The van der Waals surface area contributed by atoms with E-state index in [1.165, 1.54) is 0 Å². The molecule has 0 N–H and O–H groups in total. The minimum Gasteiger partial charge on any atom is -0.466 e. The smallest absolute Gasteiger partial charge is 0.317 e. The first-order valence-electron chi connectivity index (χ1n) is 6.54. The maximum atomic E-state index is 11.5. The molecule has 7 heteroatoms. The maximum absolute atomic E-state index is 11.5. The molecule has 0 aliphatic carbocycles. The van der Waals surface area contributed by atoms with Gasteiger partial charge in [-0.1, -0.05) is 0 Å². The highest BCUT2D eigenvalue weighted by molar-refractivity contribution is 5.94. The summed E-state index contributed by atoms with van der Waals surface area (Å²) in [5.74, 6) is -4.07. The fourth-order valence-electron chi connectivity index (χ4n) is 1.98. The second-order valence-electron chi connectivity index (χ2n) is 4.39. The zero-order valence-electron chi connectivity index (χ0n) is 11.5. The average Bonchev–Trinajstić information content (AvgIpc) is 2.35. The van der Waals surface area contributed by atoms with E-state index in [-0.39, 0.29) is 32.5 Å². The molecular formula is C13H18O7. The highest BCUT2D eigenvalue weighted by atomic mass is 16.6. The molecule has 0 unspecified atom stereocenters. The van der Waals surface area contributed by atoms with Crippen LogP contribution in [0.2, 0.25) is 0 Å². The van der Waals surface area contributed by atoms with Crippen LogP contribution in [0.15, 0.2) is 0 Å². The van der Waals surface area contributed by atoms with E-state index < -0.39 is 35.7 Å². The molecule has 1 aliphatic rings. The lowest BCUT2D eigenvalue weighted by Gasteiger charge is -2.25. The van der Waals surface area contributed by atoms with Crippen molar-refractivity contribution < 1.29 is 33.4 Å². The number of carbonyl (C=O) groups excluding carboxylic acids is 4. The van der Waals surface area contributed by atoms with Crippen LogP contribution >= 0.6 is 0 Å². The van der Waals surface area contributed by atoms with Gasteiger partial charge in [0.25, 0.3) is 0 Å². The molecule has 0 radical (unpaired) electrons. The Bertz CT molecular complexity index is 366. The van der Waals surface area contributed by atoms with Gasteiger partial charge in [-0.25, -0.2) is 0 Å². The second kappa shape index (κ2) is 7.62. The van der Waals surface area contributed by atoms with Crippen LogP contribution < -0.4 is 0 Å². The topological polar surface area (TPSA) is 96.0 Å². The lowest BCUT2D eigenvalue weighted by Crippen LogP contribution is -2.37. The molecule has 0 aromatic heterocycles. The van der Waals surface area contributed by atoms with Crippen LogP contribution in [-0.2, 0) is 33.4 Å². The standard InChI is InChI=1S/C13H18O7/c1-3-18-10(14)6-8-5-9(7-11(15)19-4-2)13(17)20-12(8)16/h8-9H,3-7H2,1-2H3/t8-,9+. The third-order valence-corrected chi connectivity index (χ3v) is 2.87. The number of esters is 4. The summed E-state index contributed by atoms with van der Waals surface area (Å²) >= 11 is 0. The summed E-state index contributed by atoms with van der Waals surface area (Å²) in [7, 11) is 0. The molecule has 1 saturated heterocycles. The van der Waals surface area contributed by atoms with Gasteiger partial charge in [-0.05, 0) is 20.3 Å². The third-order valence-electron chi connectivity index (χ3n) is 2.87. The lowest BCUT2D eigenvalue weighted by molar-refractivity contribution is -0.176. The van der Waals surface area contributed by atoms with Gasteiger partial charge in [0.1, 0.15) is 0 Å². The van der Waals surface area contributed by atoms with Crippen LogP contribution in [0.1, 0.15) is 33.1 Å². The molecule has 1 fully saturated rings. The van der Waals surface area contributed by atoms with Crippen LogP contribution in [0.3, 0.4) is 0 Å². The maximum Gasteiger partial charge on any atom is 0.317 e. The van der Waals surface area contributed by atoms with Crippen molar-refractivity contribution in [3.05, 3.63) is 0 Å². The van der Waals surface area contributed by atoms with Crippen molar-refractivity contribution in [1.82, 2.24) is 0 Å². The Morgan fingerprint density at radius 1 is 1.00 bits per heavy atom. The van der Waals surface area contributed by atoms with Crippen molar-refractivity contribution in [2.24, 2.45) is 11.8 Å². The Labute approximate surface area is 116 Å². The van der Waals surface area contributed by atoms with Gasteiger partial charge in [0.2, 0.25) is 0 Å². The number of rotatable bonds is 6. The highest BCUT2D eigenvalue weighted by Gasteiger charge is 2.39. The van der Waals surface area contributed by atoms with E-state index in [1.807, 2.05) is 0 Å². The summed E-state index contributed by atoms with van der Waals surface area (Å²) < 4.78 is 14.1. The average molecular weight is 286 g/mol. The minimum absolute atomic E-state index is 0.0926. The van der Waals surface area contributed by atoms with Crippen molar-refractivity contribution >= 4 is 23.9 Å². The quantitative estimate of drug-likeness (QED) is 0.400. The number of ether oxygens (including phenoxy) is 3. The normalized spacial score (nSPS) is 22.1. The van der Waals surface area contributed by atoms with Gasteiger partial charge >= 0.3 is 23.9 Å². The van der Waals surface area contributed by atoms with Gasteiger partial charge in [-0.2, -0.15) is 0 Å². The van der Waals surface area contributed by atoms with E-state index in [0.717, 1.165) is 0 Å². The molecule has 0 bridgehead atoms. The monoisotopic (exact) mass is 286 g/mol. The Morgan fingerprint density at radius 2 is 1.40 bits per heavy atom. The number of hydrogen-bond donors (Lipinski definition) is 0. The Hall–Kier alpha value is -1.92. The predicted octanol–water partition coefficient (Wildman–Crippen LogP) is 0.599. The lowest BCUT2D eigenvalue weighted by atomic mass is 9.87. The number of cyclic esters (lactones) is 2. The molecule has 1 aliphatic heterocycles. The third kappa shape index (κ3) is 4.64. The zero-order valence-corrected chi connectivity index (χ0v) is 11.5. The van der Waals surface area contributed by atoms with E-state index in [1.54, 1.807) is 13.8 Å².